The summed E-state index contributed by atoms with van der Waals surface area (Å²) in [5.74, 6) is 1.43. The molecule has 0 radical (unpaired) electrons. The Kier molecular flexibility index (Phi) is 5.41. The second-order valence-electron chi connectivity index (χ2n) is 7.90. The van der Waals surface area contributed by atoms with Crippen molar-refractivity contribution in [2.45, 2.75) is 25.3 Å². The normalized spacial score (nSPS) is 22.0. The molecule has 2 atom stereocenters. The Morgan fingerprint density at radius 3 is 2.83 bits per heavy atom. The van der Waals surface area contributed by atoms with E-state index in [1.54, 1.807) is 0 Å². The molecule has 30 heavy (non-hydrogen) atoms. The first-order chi connectivity index (χ1) is 14.7. The van der Waals surface area contributed by atoms with Crippen LogP contribution in [0.1, 0.15) is 19.3 Å². The number of nitrogens with one attached hydrogen (secondary N) is 2. The van der Waals surface area contributed by atoms with Crippen molar-refractivity contribution in [3.63, 3.8) is 0 Å². The molecule has 3 N–H and O–H groups in total. The maximum atomic E-state index is 13.2. The fourth-order valence-corrected chi connectivity index (χ4v) is 5.24. The third kappa shape index (κ3) is 3.80. The molecule has 1 saturated heterocycles. The second kappa shape index (κ2) is 8.33. The predicted molar refractivity (Wildman–Crippen MR) is 118 cm³/mol. The molecule has 3 aromatic rings. The van der Waals surface area contributed by atoms with Crippen LogP contribution >= 0.6 is 11.3 Å². The quantitative estimate of drug-likeness (QED) is 0.575. The van der Waals surface area contributed by atoms with Crippen molar-refractivity contribution >= 4 is 33.3 Å². The van der Waals surface area contributed by atoms with Gasteiger partial charge in [-0.15, -0.1) is 11.3 Å². The van der Waals surface area contributed by atoms with Gasteiger partial charge in [-0.05, 0) is 37.3 Å². The number of morpholine rings is 1. The molecule has 5 rings (SSSR count). The van der Waals surface area contributed by atoms with E-state index in [1.165, 1.54) is 11.3 Å². The van der Waals surface area contributed by atoms with Gasteiger partial charge in [0.1, 0.15) is 16.4 Å². The van der Waals surface area contributed by atoms with Crippen LogP contribution in [0.3, 0.4) is 0 Å². The summed E-state index contributed by atoms with van der Waals surface area (Å²) < 4.78 is 6.47. The number of thiazole rings is 1. The number of nitrogens with zero attached hydrogens (tertiary/aromatic N) is 3. The number of fused-ring (bicyclic) bond motifs is 1. The highest BCUT2D eigenvalue weighted by Gasteiger charge is 2.27. The SMILES string of the molecule is O=c1[nH]c(N2CCOCC2)nc(NC2CC[C@@H](CO)C2)c1-c1nc2ccccc2s1. The molecule has 1 aliphatic carbocycles. The van der Waals surface area contributed by atoms with Gasteiger partial charge in [-0.2, -0.15) is 4.98 Å². The molecule has 9 heteroatoms. The van der Waals surface area contributed by atoms with Gasteiger partial charge < -0.3 is 20.1 Å². The van der Waals surface area contributed by atoms with Gasteiger partial charge in [0.25, 0.3) is 5.56 Å². The van der Waals surface area contributed by atoms with Crippen LogP contribution in [0.4, 0.5) is 11.8 Å². The van der Waals surface area contributed by atoms with Gasteiger partial charge in [-0.1, -0.05) is 12.1 Å². The number of ether oxygens (including phenoxy) is 1. The topological polar surface area (TPSA) is 103 Å². The Hall–Kier alpha value is -2.49. The fourth-order valence-electron chi connectivity index (χ4n) is 4.23. The van der Waals surface area contributed by atoms with Gasteiger partial charge in [-0.3, -0.25) is 9.78 Å². The molecule has 1 aliphatic heterocycles. The Bertz CT molecular complexity index is 1060. The van der Waals surface area contributed by atoms with E-state index in [9.17, 15) is 9.90 Å². The second-order valence-corrected chi connectivity index (χ2v) is 8.93. The average molecular weight is 428 g/mol. The number of para-hydroxylation sites is 1. The lowest BCUT2D eigenvalue weighted by atomic mass is 10.1. The molecule has 1 saturated carbocycles. The van der Waals surface area contributed by atoms with Crippen LogP contribution in [0.2, 0.25) is 0 Å². The molecule has 2 fully saturated rings. The summed E-state index contributed by atoms with van der Waals surface area (Å²) in [6.07, 6.45) is 2.80. The average Bonchev–Trinajstić information content (AvgIpc) is 3.40. The van der Waals surface area contributed by atoms with Crippen molar-refractivity contribution in [2.75, 3.05) is 43.1 Å². The van der Waals surface area contributed by atoms with Crippen molar-refractivity contribution in [2.24, 2.45) is 5.92 Å². The third-order valence-electron chi connectivity index (χ3n) is 5.87. The lowest BCUT2D eigenvalue weighted by molar-refractivity contribution is 0.122. The van der Waals surface area contributed by atoms with Gasteiger partial charge in [0.2, 0.25) is 5.95 Å². The Labute approximate surface area is 177 Å². The number of aliphatic hydroxyl groups is 1. The minimum Gasteiger partial charge on any atom is -0.396 e. The number of aromatic nitrogens is 3. The molecule has 0 amide bonds. The molecule has 0 spiro atoms. The van der Waals surface area contributed by atoms with Gasteiger partial charge >= 0.3 is 0 Å². The van der Waals surface area contributed by atoms with Gasteiger partial charge in [0, 0.05) is 25.7 Å². The lowest BCUT2D eigenvalue weighted by Crippen LogP contribution is -2.38. The Balaban J connectivity index is 1.56. The zero-order chi connectivity index (χ0) is 20.5. The van der Waals surface area contributed by atoms with Gasteiger partial charge in [0.05, 0.1) is 23.4 Å². The summed E-state index contributed by atoms with van der Waals surface area (Å²) in [5.41, 5.74) is 1.17. The van der Waals surface area contributed by atoms with Crippen LogP contribution in [-0.4, -0.2) is 59.0 Å². The largest absolute Gasteiger partial charge is 0.396 e. The molecule has 1 unspecified atom stereocenters. The number of aromatic amines is 1. The number of hydrogen-bond acceptors (Lipinski definition) is 8. The highest BCUT2D eigenvalue weighted by molar-refractivity contribution is 7.21. The molecule has 2 aliphatic rings. The predicted octanol–water partition coefficient (Wildman–Crippen LogP) is 2.46. The van der Waals surface area contributed by atoms with Crippen molar-refractivity contribution in [3.8, 4) is 10.6 Å². The summed E-state index contributed by atoms with van der Waals surface area (Å²) in [5, 5.41) is 13.7. The maximum absolute atomic E-state index is 13.2. The summed E-state index contributed by atoms with van der Waals surface area (Å²) in [4.78, 5) is 27.7. The smallest absolute Gasteiger partial charge is 0.264 e. The van der Waals surface area contributed by atoms with E-state index in [0.717, 1.165) is 29.5 Å². The fraction of sp³-hybridized carbons (Fsp3) is 0.476. The highest BCUT2D eigenvalue weighted by atomic mass is 32.1. The van der Waals surface area contributed by atoms with Crippen LogP contribution < -0.4 is 15.8 Å². The molecule has 158 valence electrons. The molecule has 1 aromatic carbocycles. The lowest BCUT2D eigenvalue weighted by Gasteiger charge is -2.28. The molecule has 0 bridgehead atoms. The first kappa shape index (κ1) is 19.5. The Morgan fingerprint density at radius 2 is 2.07 bits per heavy atom. The molecular weight excluding hydrogens is 402 g/mol. The minimum absolute atomic E-state index is 0.183. The highest BCUT2D eigenvalue weighted by Crippen LogP contribution is 2.34. The van der Waals surface area contributed by atoms with Crippen LogP contribution in [0.25, 0.3) is 20.8 Å². The van der Waals surface area contributed by atoms with Crippen molar-refractivity contribution in [1.29, 1.82) is 0 Å². The molecule has 3 heterocycles. The summed E-state index contributed by atoms with van der Waals surface area (Å²) >= 11 is 1.50. The summed E-state index contributed by atoms with van der Waals surface area (Å²) in [6, 6.07) is 8.07. The van der Waals surface area contributed by atoms with Crippen LogP contribution in [0.15, 0.2) is 29.1 Å². The maximum Gasteiger partial charge on any atom is 0.264 e. The number of benzene rings is 1. The van der Waals surface area contributed by atoms with E-state index in [0.29, 0.717) is 54.6 Å². The number of hydrogen-bond donors (Lipinski definition) is 3. The first-order valence-electron chi connectivity index (χ1n) is 10.4. The number of H-pyrrole nitrogens is 1. The van der Waals surface area contributed by atoms with Crippen LogP contribution in [0.5, 0.6) is 0 Å². The van der Waals surface area contributed by atoms with Crippen molar-refractivity contribution < 1.29 is 9.84 Å². The first-order valence-corrected chi connectivity index (χ1v) is 11.2. The number of anilines is 2. The zero-order valence-corrected chi connectivity index (χ0v) is 17.5. The standard InChI is InChI=1S/C21H25N5O3S/c27-12-13-5-6-14(11-13)22-18-17(20-23-15-3-1-2-4-16(15)30-20)19(28)25-21(24-18)26-7-9-29-10-8-26/h1-4,13-14,27H,5-12H2,(H2,22,24,25,28)/t13-,14?/m1/s1. The van der Waals surface area contributed by atoms with E-state index >= 15 is 0 Å². The summed E-state index contributed by atoms with van der Waals surface area (Å²) in [7, 11) is 0. The van der Waals surface area contributed by atoms with Gasteiger partial charge in [0.15, 0.2) is 0 Å². The Morgan fingerprint density at radius 1 is 1.23 bits per heavy atom. The molecule has 8 nitrogen and oxygen atoms in total. The van der Waals surface area contributed by atoms with Crippen molar-refractivity contribution in [1.82, 2.24) is 15.0 Å². The minimum atomic E-state index is -0.190. The van der Waals surface area contributed by atoms with E-state index in [-0.39, 0.29) is 18.2 Å². The number of aliphatic hydroxyl groups excluding tert-OH is 1. The molecular formula is C21H25N5O3S. The van der Waals surface area contributed by atoms with Crippen LogP contribution in [-0.2, 0) is 4.74 Å². The van der Waals surface area contributed by atoms with Crippen molar-refractivity contribution in [3.05, 3.63) is 34.6 Å². The van der Waals surface area contributed by atoms with E-state index in [2.05, 4.69) is 10.3 Å². The van der Waals surface area contributed by atoms with E-state index in [4.69, 9.17) is 14.7 Å². The van der Waals surface area contributed by atoms with Crippen LogP contribution in [0, 0.1) is 5.92 Å². The monoisotopic (exact) mass is 427 g/mol. The molecule has 2 aromatic heterocycles. The van der Waals surface area contributed by atoms with Gasteiger partial charge in [-0.25, -0.2) is 4.98 Å². The summed E-state index contributed by atoms with van der Waals surface area (Å²) in [6.45, 7) is 2.82. The number of rotatable bonds is 5. The third-order valence-corrected chi connectivity index (χ3v) is 6.92. The van der Waals surface area contributed by atoms with E-state index in [1.807, 2.05) is 29.2 Å². The van der Waals surface area contributed by atoms with E-state index < -0.39 is 0 Å². The zero-order valence-electron chi connectivity index (χ0n) is 16.6.